The lowest BCUT2D eigenvalue weighted by Gasteiger charge is -2.32. The lowest BCUT2D eigenvalue weighted by Crippen LogP contribution is -2.37. The molecule has 0 N–H and O–H groups in total. The second-order valence-corrected chi connectivity index (χ2v) is 6.51. The third-order valence-electron chi connectivity index (χ3n) is 4.96. The fourth-order valence-corrected chi connectivity index (χ4v) is 3.62. The van der Waals surface area contributed by atoms with Crippen molar-refractivity contribution in [2.45, 2.75) is 25.2 Å². The van der Waals surface area contributed by atoms with Gasteiger partial charge in [-0.25, -0.2) is 0 Å². The summed E-state index contributed by atoms with van der Waals surface area (Å²) in [5.74, 6) is 2.69. The molecule has 2 aromatic heterocycles. The molecular weight excluding hydrogens is 294 g/mol. The molecule has 1 atom stereocenters. The molecule has 7 nitrogen and oxygen atoms in total. The van der Waals surface area contributed by atoms with Crippen LogP contribution in [-0.2, 0) is 4.74 Å². The lowest BCUT2D eigenvalue weighted by molar-refractivity contribution is 0.151. The van der Waals surface area contributed by atoms with Gasteiger partial charge in [0.25, 0.3) is 0 Å². The van der Waals surface area contributed by atoms with E-state index >= 15 is 0 Å². The molecule has 124 valence electrons. The molecule has 7 heteroatoms. The van der Waals surface area contributed by atoms with E-state index < -0.39 is 0 Å². The Morgan fingerprint density at radius 3 is 2.83 bits per heavy atom. The topological polar surface area (TPSA) is 64.8 Å². The van der Waals surface area contributed by atoms with Crippen molar-refractivity contribution in [2.24, 2.45) is 5.92 Å². The predicted molar refractivity (Wildman–Crippen MR) is 84.7 cm³/mol. The zero-order valence-electron chi connectivity index (χ0n) is 13.5. The maximum Gasteiger partial charge on any atom is 0.231 e. The van der Waals surface area contributed by atoms with Crippen LogP contribution in [0.2, 0.25) is 0 Å². The summed E-state index contributed by atoms with van der Waals surface area (Å²) in [5.41, 5.74) is 0.784. The van der Waals surface area contributed by atoms with E-state index in [2.05, 4.69) is 20.2 Å². The van der Waals surface area contributed by atoms with Gasteiger partial charge in [-0.15, -0.1) is 15.3 Å². The van der Waals surface area contributed by atoms with Crippen LogP contribution in [0.1, 0.15) is 31.0 Å². The van der Waals surface area contributed by atoms with Gasteiger partial charge in [-0.3, -0.25) is 0 Å². The van der Waals surface area contributed by atoms with Crippen molar-refractivity contribution in [3.63, 3.8) is 0 Å². The van der Waals surface area contributed by atoms with Gasteiger partial charge in [-0.05, 0) is 44.3 Å². The summed E-state index contributed by atoms with van der Waals surface area (Å²) in [6.45, 7) is 5.25. The molecule has 2 saturated heterocycles. The van der Waals surface area contributed by atoms with Crippen molar-refractivity contribution in [1.29, 1.82) is 0 Å². The molecular formula is C16H23N5O2. The highest BCUT2D eigenvalue weighted by Crippen LogP contribution is 2.28. The lowest BCUT2D eigenvalue weighted by atomic mass is 9.95. The molecule has 4 rings (SSSR count). The Morgan fingerprint density at radius 1 is 1.22 bits per heavy atom. The van der Waals surface area contributed by atoms with Gasteiger partial charge in [0.15, 0.2) is 11.5 Å². The van der Waals surface area contributed by atoms with Gasteiger partial charge < -0.3 is 14.4 Å². The van der Waals surface area contributed by atoms with E-state index in [1.54, 1.807) is 7.11 Å². The average Bonchev–Trinajstić information content (AvgIpc) is 3.24. The highest BCUT2D eigenvalue weighted by Gasteiger charge is 2.27. The van der Waals surface area contributed by atoms with E-state index in [9.17, 15) is 0 Å². The number of hydrogen-bond donors (Lipinski definition) is 0. The second-order valence-electron chi connectivity index (χ2n) is 6.51. The van der Waals surface area contributed by atoms with E-state index in [0.717, 1.165) is 50.6 Å². The summed E-state index contributed by atoms with van der Waals surface area (Å²) in [6, 6.07) is 3.72. The first kappa shape index (κ1) is 14.8. The predicted octanol–water partition coefficient (Wildman–Crippen LogP) is 1.35. The molecule has 0 spiro atoms. The smallest absolute Gasteiger partial charge is 0.231 e. The van der Waals surface area contributed by atoms with E-state index in [0.29, 0.717) is 17.7 Å². The van der Waals surface area contributed by atoms with Crippen LogP contribution in [0, 0.1) is 5.92 Å². The Morgan fingerprint density at radius 2 is 2.09 bits per heavy atom. The van der Waals surface area contributed by atoms with Gasteiger partial charge in [0.05, 0.1) is 13.7 Å². The molecule has 0 saturated carbocycles. The molecule has 4 heterocycles. The highest BCUT2D eigenvalue weighted by molar-refractivity contribution is 5.38. The first-order chi connectivity index (χ1) is 11.3. The molecule has 0 bridgehead atoms. The quantitative estimate of drug-likeness (QED) is 0.848. The van der Waals surface area contributed by atoms with Crippen molar-refractivity contribution < 1.29 is 9.47 Å². The van der Waals surface area contributed by atoms with Crippen LogP contribution in [0.15, 0.2) is 12.1 Å². The van der Waals surface area contributed by atoms with Crippen molar-refractivity contribution >= 4 is 5.65 Å². The number of piperidine rings is 1. The molecule has 2 aliphatic rings. The number of rotatable bonds is 4. The minimum atomic E-state index is 0.417. The van der Waals surface area contributed by atoms with Gasteiger partial charge in [-0.2, -0.15) is 4.52 Å². The first-order valence-electron chi connectivity index (χ1n) is 8.40. The molecule has 0 amide bonds. The third kappa shape index (κ3) is 3.03. The maximum atomic E-state index is 5.48. The minimum Gasteiger partial charge on any atom is -0.480 e. The highest BCUT2D eigenvalue weighted by atomic mass is 16.5. The van der Waals surface area contributed by atoms with Gasteiger partial charge in [-0.1, -0.05) is 0 Å². The molecule has 0 aliphatic carbocycles. The zero-order valence-corrected chi connectivity index (χ0v) is 13.5. The third-order valence-corrected chi connectivity index (χ3v) is 4.96. The molecule has 2 fully saturated rings. The monoisotopic (exact) mass is 317 g/mol. The number of hydrogen-bond acceptors (Lipinski definition) is 6. The number of methoxy groups -OCH3 is 1. The summed E-state index contributed by atoms with van der Waals surface area (Å²) in [4.78, 5) is 2.56. The number of likely N-dealkylation sites (tertiary alicyclic amines) is 1. The standard InChI is InChI=1S/C16H23N5O2/c1-22-15-3-2-14-17-18-16(21(14)19-15)13-4-7-20(8-5-13)10-12-6-9-23-11-12/h2-3,12-13H,4-11H2,1H3. The molecule has 2 aliphatic heterocycles. The summed E-state index contributed by atoms with van der Waals surface area (Å²) in [6.07, 6.45) is 3.42. The molecule has 0 radical (unpaired) electrons. The van der Waals surface area contributed by atoms with Gasteiger partial charge in [0, 0.05) is 25.1 Å². The molecule has 0 aromatic carbocycles. The molecule has 1 unspecified atom stereocenters. The summed E-state index contributed by atoms with van der Waals surface area (Å²) >= 11 is 0. The van der Waals surface area contributed by atoms with E-state index in [1.807, 2.05) is 16.6 Å². The fraction of sp³-hybridized carbons (Fsp3) is 0.688. The average molecular weight is 317 g/mol. The Hall–Kier alpha value is -1.73. The van der Waals surface area contributed by atoms with Crippen molar-refractivity contribution in [1.82, 2.24) is 24.7 Å². The Kier molecular flexibility index (Phi) is 4.13. The number of ether oxygens (including phenoxy) is 2. The number of fused-ring (bicyclic) bond motifs is 1. The van der Waals surface area contributed by atoms with Gasteiger partial charge in [0.1, 0.15) is 0 Å². The van der Waals surface area contributed by atoms with Gasteiger partial charge in [0.2, 0.25) is 5.88 Å². The Labute approximate surface area is 135 Å². The SMILES string of the molecule is COc1ccc2nnc(C3CCN(CC4CCOC4)CC3)n2n1. The van der Waals surface area contributed by atoms with Crippen LogP contribution in [0.3, 0.4) is 0 Å². The van der Waals surface area contributed by atoms with Crippen LogP contribution in [0.25, 0.3) is 5.65 Å². The second kappa shape index (κ2) is 6.41. The Bertz CT molecular complexity index is 660. The minimum absolute atomic E-state index is 0.417. The number of nitrogens with zero attached hydrogens (tertiary/aromatic N) is 5. The molecule has 2 aromatic rings. The fourth-order valence-electron chi connectivity index (χ4n) is 3.62. The van der Waals surface area contributed by atoms with Gasteiger partial charge >= 0.3 is 0 Å². The van der Waals surface area contributed by atoms with Crippen LogP contribution < -0.4 is 4.74 Å². The van der Waals surface area contributed by atoms with E-state index in [4.69, 9.17) is 9.47 Å². The zero-order chi connectivity index (χ0) is 15.6. The summed E-state index contributed by atoms with van der Waals surface area (Å²) < 4.78 is 12.5. The van der Waals surface area contributed by atoms with Crippen LogP contribution in [-0.4, -0.2) is 64.7 Å². The normalized spacial score (nSPS) is 23.6. The van der Waals surface area contributed by atoms with Crippen molar-refractivity contribution in [3.05, 3.63) is 18.0 Å². The van der Waals surface area contributed by atoms with Crippen molar-refractivity contribution in [2.75, 3.05) is 40.0 Å². The van der Waals surface area contributed by atoms with E-state index in [-0.39, 0.29) is 0 Å². The van der Waals surface area contributed by atoms with Crippen LogP contribution in [0.4, 0.5) is 0 Å². The maximum absolute atomic E-state index is 5.48. The summed E-state index contributed by atoms with van der Waals surface area (Å²) in [7, 11) is 1.63. The van der Waals surface area contributed by atoms with Crippen LogP contribution in [0.5, 0.6) is 5.88 Å². The molecule has 23 heavy (non-hydrogen) atoms. The largest absolute Gasteiger partial charge is 0.480 e. The van der Waals surface area contributed by atoms with E-state index in [1.165, 1.54) is 13.0 Å². The first-order valence-corrected chi connectivity index (χ1v) is 8.40. The van der Waals surface area contributed by atoms with Crippen LogP contribution >= 0.6 is 0 Å². The summed E-state index contributed by atoms with van der Waals surface area (Å²) in [5, 5.41) is 13.1. The Balaban J connectivity index is 1.43. The number of aromatic nitrogens is 4. The van der Waals surface area contributed by atoms with Crippen molar-refractivity contribution in [3.8, 4) is 5.88 Å².